The van der Waals surface area contributed by atoms with Gasteiger partial charge in [0.25, 0.3) is 11.5 Å². The van der Waals surface area contributed by atoms with E-state index in [1.165, 1.54) is 31.2 Å². The monoisotopic (exact) mass is 267 g/mol. The maximum absolute atomic E-state index is 12.1. The molecule has 0 saturated carbocycles. The molecule has 0 saturated heterocycles. The van der Waals surface area contributed by atoms with Crippen molar-refractivity contribution < 1.29 is 14.3 Å². The van der Waals surface area contributed by atoms with Gasteiger partial charge in [0.05, 0.1) is 13.0 Å². The van der Waals surface area contributed by atoms with Crippen LogP contribution in [0.3, 0.4) is 0 Å². The number of carbonyl (C=O) groups excluding carboxylic acids is 2. The maximum Gasteiger partial charge on any atom is 0.310 e. The predicted molar refractivity (Wildman–Crippen MR) is 67.6 cm³/mol. The van der Waals surface area contributed by atoms with Crippen LogP contribution in [-0.2, 0) is 16.6 Å². The number of carbonyl (C=O) groups is 2. The van der Waals surface area contributed by atoms with Gasteiger partial charge in [-0.05, 0) is 6.07 Å². The zero-order valence-corrected chi connectivity index (χ0v) is 11.4. The van der Waals surface area contributed by atoms with Crippen LogP contribution >= 0.6 is 0 Å². The van der Waals surface area contributed by atoms with Gasteiger partial charge in [-0.3, -0.25) is 14.4 Å². The highest BCUT2D eigenvalue weighted by Gasteiger charge is 2.20. The Morgan fingerprint density at radius 1 is 1.47 bits per heavy atom. The number of aryl methyl sites for hydroxylation is 1. The number of rotatable bonds is 4. The summed E-state index contributed by atoms with van der Waals surface area (Å²) in [6, 6.07) is 2.64. The lowest BCUT2D eigenvalue weighted by molar-refractivity contribution is -0.145. The summed E-state index contributed by atoms with van der Waals surface area (Å²) in [5.41, 5.74) is -0.135. The van der Waals surface area contributed by atoms with Gasteiger partial charge in [-0.25, -0.2) is 4.68 Å². The normalized spacial score (nSPS) is 11.8. The van der Waals surface area contributed by atoms with Crippen LogP contribution in [0, 0.1) is 5.92 Å². The Morgan fingerprint density at radius 2 is 2.11 bits per heavy atom. The van der Waals surface area contributed by atoms with Crippen LogP contribution in [0.15, 0.2) is 16.9 Å². The molecule has 0 N–H and O–H groups in total. The molecule has 0 aliphatic carbocycles. The number of hydrogen-bond donors (Lipinski definition) is 0. The molecule has 1 rings (SSSR count). The molecular formula is C12H17N3O4. The van der Waals surface area contributed by atoms with E-state index < -0.39 is 5.92 Å². The Balaban J connectivity index is 2.79. The number of esters is 1. The molecule has 7 heteroatoms. The van der Waals surface area contributed by atoms with Gasteiger partial charge in [0.2, 0.25) is 0 Å². The van der Waals surface area contributed by atoms with Crippen LogP contribution in [0.25, 0.3) is 0 Å². The lowest BCUT2D eigenvalue weighted by Gasteiger charge is -2.19. The number of ether oxygens (including phenoxy) is 1. The smallest absolute Gasteiger partial charge is 0.310 e. The van der Waals surface area contributed by atoms with Gasteiger partial charge < -0.3 is 9.64 Å². The lowest BCUT2D eigenvalue weighted by atomic mass is 10.1. The zero-order chi connectivity index (χ0) is 14.6. The van der Waals surface area contributed by atoms with E-state index in [1.807, 2.05) is 0 Å². The Morgan fingerprint density at radius 3 is 2.63 bits per heavy atom. The molecule has 1 aromatic heterocycles. The number of methoxy groups -OCH3 is 1. The van der Waals surface area contributed by atoms with E-state index in [4.69, 9.17) is 0 Å². The minimum atomic E-state index is -0.425. The van der Waals surface area contributed by atoms with Gasteiger partial charge >= 0.3 is 5.97 Å². The number of nitrogens with zero attached hydrogens (tertiary/aromatic N) is 3. The van der Waals surface area contributed by atoms with Crippen LogP contribution in [0.4, 0.5) is 0 Å². The van der Waals surface area contributed by atoms with Gasteiger partial charge in [0, 0.05) is 26.7 Å². The molecule has 104 valence electrons. The molecule has 1 heterocycles. The van der Waals surface area contributed by atoms with E-state index in [2.05, 4.69) is 9.84 Å². The molecule has 0 fully saturated rings. The molecule has 7 nitrogen and oxygen atoms in total. The van der Waals surface area contributed by atoms with Gasteiger partial charge in [-0.2, -0.15) is 5.10 Å². The van der Waals surface area contributed by atoms with E-state index in [0.29, 0.717) is 0 Å². The van der Waals surface area contributed by atoms with Crippen LogP contribution in [-0.4, -0.2) is 47.3 Å². The highest BCUT2D eigenvalue weighted by molar-refractivity contribution is 5.92. The quantitative estimate of drug-likeness (QED) is 0.697. The van der Waals surface area contributed by atoms with Crippen LogP contribution in [0.1, 0.15) is 17.4 Å². The zero-order valence-electron chi connectivity index (χ0n) is 11.4. The van der Waals surface area contributed by atoms with Gasteiger partial charge in [0.15, 0.2) is 0 Å². The van der Waals surface area contributed by atoms with Gasteiger partial charge in [-0.1, -0.05) is 6.92 Å². The first-order chi connectivity index (χ1) is 8.86. The second-order valence-electron chi connectivity index (χ2n) is 4.29. The molecule has 1 amide bonds. The second kappa shape index (κ2) is 6.12. The number of aromatic nitrogens is 2. The summed E-state index contributed by atoms with van der Waals surface area (Å²) in [5, 5.41) is 3.86. The van der Waals surface area contributed by atoms with Gasteiger partial charge in [0.1, 0.15) is 5.69 Å². The largest absolute Gasteiger partial charge is 0.469 e. The molecule has 0 aliphatic rings. The molecule has 0 radical (unpaired) electrons. The fourth-order valence-corrected chi connectivity index (χ4v) is 1.58. The average molecular weight is 267 g/mol. The average Bonchev–Trinajstić information content (AvgIpc) is 2.39. The van der Waals surface area contributed by atoms with Crippen molar-refractivity contribution in [2.24, 2.45) is 13.0 Å². The van der Waals surface area contributed by atoms with Crippen molar-refractivity contribution in [3.8, 4) is 0 Å². The van der Waals surface area contributed by atoms with Crippen molar-refractivity contribution in [1.82, 2.24) is 14.7 Å². The van der Waals surface area contributed by atoms with Crippen LogP contribution < -0.4 is 5.56 Å². The molecular weight excluding hydrogens is 250 g/mol. The third-order valence-corrected chi connectivity index (χ3v) is 2.68. The van der Waals surface area contributed by atoms with E-state index in [9.17, 15) is 14.4 Å². The van der Waals surface area contributed by atoms with Crippen molar-refractivity contribution in [3.05, 3.63) is 28.2 Å². The first-order valence-corrected chi connectivity index (χ1v) is 5.74. The van der Waals surface area contributed by atoms with E-state index in [1.54, 1.807) is 14.0 Å². The minimum absolute atomic E-state index is 0.154. The van der Waals surface area contributed by atoms with E-state index in [0.717, 1.165) is 4.68 Å². The Hall–Kier alpha value is -2.18. The predicted octanol–water partition coefficient (Wildman–Crippen LogP) is -0.339. The standard InChI is InChI=1S/C12H17N3O4/c1-8(12(18)19-4)7-14(2)11(17)9-5-6-10(16)15(3)13-9/h5-6,8H,7H2,1-4H3. The molecule has 0 bridgehead atoms. The Kier molecular flexibility index (Phi) is 4.80. The molecule has 1 aromatic rings. The van der Waals surface area contributed by atoms with Crippen molar-refractivity contribution in [3.63, 3.8) is 0 Å². The van der Waals surface area contributed by atoms with E-state index in [-0.39, 0.29) is 29.7 Å². The first kappa shape index (κ1) is 14.9. The number of amides is 1. The fourth-order valence-electron chi connectivity index (χ4n) is 1.58. The van der Waals surface area contributed by atoms with Crippen molar-refractivity contribution >= 4 is 11.9 Å². The maximum atomic E-state index is 12.1. The summed E-state index contributed by atoms with van der Waals surface area (Å²) < 4.78 is 5.68. The summed E-state index contributed by atoms with van der Waals surface area (Å²) in [6.45, 7) is 1.89. The molecule has 0 spiro atoms. The van der Waals surface area contributed by atoms with Crippen molar-refractivity contribution in [1.29, 1.82) is 0 Å². The molecule has 1 atom stereocenters. The lowest BCUT2D eigenvalue weighted by Crippen LogP contribution is -2.35. The summed E-state index contributed by atoms with van der Waals surface area (Å²) in [4.78, 5) is 35.9. The summed E-state index contributed by atoms with van der Waals surface area (Å²) in [5.74, 6) is -1.16. The summed E-state index contributed by atoms with van der Waals surface area (Å²) in [7, 11) is 4.33. The summed E-state index contributed by atoms with van der Waals surface area (Å²) >= 11 is 0. The third-order valence-electron chi connectivity index (χ3n) is 2.68. The van der Waals surface area contributed by atoms with Crippen LogP contribution in [0.5, 0.6) is 0 Å². The van der Waals surface area contributed by atoms with Gasteiger partial charge in [-0.15, -0.1) is 0 Å². The van der Waals surface area contributed by atoms with Crippen LogP contribution in [0.2, 0.25) is 0 Å². The SMILES string of the molecule is COC(=O)C(C)CN(C)C(=O)c1ccc(=O)n(C)n1. The highest BCUT2D eigenvalue weighted by Crippen LogP contribution is 2.04. The topological polar surface area (TPSA) is 81.5 Å². The molecule has 19 heavy (non-hydrogen) atoms. The van der Waals surface area contributed by atoms with E-state index >= 15 is 0 Å². The fraction of sp³-hybridized carbons (Fsp3) is 0.500. The minimum Gasteiger partial charge on any atom is -0.469 e. The molecule has 0 aliphatic heterocycles. The molecule has 1 unspecified atom stereocenters. The van der Waals surface area contributed by atoms with Crippen molar-refractivity contribution in [2.45, 2.75) is 6.92 Å². The highest BCUT2D eigenvalue weighted by atomic mass is 16.5. The third kappa shape index (κ3) is 3.64. The second-order valence-corrected chi connectivity index (χ2v) is 4.29. The molecule has 0 aromatic carbocycles. The Bertz CT molecular complexity index is 538. The Labute approximate surface area is 110 Å². The number of hydrogen-bond acceptors (Lipinski definition) is 5. The first-order valence-electron chi connectivity index (χ1n) is 5.74. The summed E-state index contributed by atoms with van der Waals surface area (Å²) in [6.07, 6.45) is 0. The van der Waals surface area contributed by atoms with Crippen molar-refractivity contribution in [2.75, 3.05) is 20.7 Å².